The minimum Gasteiger partial charge on any atom is -0.462 e. The molecule has 0 fully saturated rings. The molecule has 5 heteroatoms. The summed E-state index contributed by atoms with van der Waals surface area (Å²) < 4.78 is 5.14. The largest absolute Gasteiger partial charge is 0.462 e. The lowest BCUT2D eigenvalue weighted by molar-refractivity contribution is 0.0526. The molecule has 1 aliphatic carbocycles. The molecule has 2 aliphatic rings. The van der Waals surface area contributed by atoms with Gasteiger partial charge in [0.2, 0.25) is 0 Å². The number of anilines is 1. The molecule has 1 heterocycles. The zero-order chi connectivity index (χ0) is 18.3. The number of hydrogen-bond acceptors (Lipinski definition) is 3. The molecule has 2 aromatic rings. The number of benzene rings is 2. The van der Waals surface area contributed by atoms with E-state index < -0.39 is 0 Å². The van der Waals surface area contributed by atoms with E-state index >= 15 is 0 Å². The molecule has 0 bridgehead atoms. The lowest BCUT2D eigenvalue weighted by Crippen LogP contribution is -2.29. The molecule has 0 amide bonds. The van der Waals surface area contributed by atoms with Crippen molar-refractivity contribution in [2.24, 2.45) is 5.92 Å². The number of nitrogens with one attached hydrogen (secondary N) is 1. The number of allylic oxidation sites excluding steroid dienone is 2. The molecule has 0 unspecified atom stereocenters. The van der Waals surface area contributed by atoms with E-state index in [0.29, 0.717) is 28.1 Å². The highest BCUT2D eigenvalue weighted by molar-refractivity contribution is 6.35. The van der Waals surface area contributed by atoms with Crippen LogP contribution in [0.3, 0.4) is 0 Å². The summed E-state index contributed by atoms with van der Waals surface area (Å²) in [6.45, 7) is 2.19. The maximum Gasteiger partial charge on any atom is 0.338 e. The first kappa shape index (κ1) is 17.4. The van der Waals surface area contributed by atoms with Gasteiger partial charge in [-0.05, 0) is 60.7 Å². The summed E-state index contributed by atoms with van der Waals surface area (Å²) in [7, 11) is 0. The predicted molar refractivity (Wildman–Crippen MR) is 105 cm³/mol. The number of ether oxygens (including phenoxy) is 1. The topological polar surface area (TPSA) is 38.3 Å². The first-order valence-corrected chi connectivity index (χ1v) is 9.53. The Balaban J connectivity index is 1.73. The van der Waals surface area contributed by atoms with E-state index in [1.165, 1.54) is 0 Å². The van der Waals surface area contributed by atoms with Crippen LogP contribution < -0.4 is 5.32 Å². The lowest BCUT2D eigenvalue weighted by atomic mass is 9.76. The average molecular weight is 388 g/mol. The molecule has 0 radical (unpaired) electrons. The Labute approximate surface area is 163 Å². The van der Waals surface area contributed by atoms with E-state index in [-0.39, 0.29) is 17.9 Å². The Hall–Kier alpha value is -1.97. The number of rotatable bonds is 3. The molecule has 0 saturated heterocycles. The normalized spacial score (nSPS) is 23.1. The van der Waals surface area contributed by atoms with Crippen molar-refractivity contribution in [1.29, 1.82) is 0 Å². The van der Waals surface area contributed by atoms with Crippen molar-refractivity contribution < 1.29 is 9.53 Å². The van der Waals surface area contributed by atoms with Gasteiger partial charge in [-0.15, -0.1) is 0 Å². The fraction of sp³-hybridized carbons (Fsp3) is 0.286. The Kier molecular flexibility index (Phi) is 4.68. The summed E-state index contributed by atoms with van der Waals surface area (Å²) in [5, 5.41) is 4.93. The maximum atomic E-state index is 12.1. The standard InChI is InChI=1S/C21H19Cl2NO2/c1-2-26-21(25)12-6-9-19-17(10-12)14-4-3-5-15(14)20(24-19)16-8-7-13(22)11-18(16)23/h3-4,6-11,14-15,20,24H,2,5H2,1H3/t14-,15-,20+/m0/s1. The monoisotopic (exact) mass is 387 g/mol. The number of halogens is 2. The summed E-state index contributed by atoms with van der Waals surface area (Å²) in [6.07, 6.45) is 5.40. The molecule has 0 saturated carbocycles. The molecule has 0 spiro atoms. The fourth-order valence-electron chi connectivity index (χ4n) is 4.00. The summed E-state index contributed by atoms with van der Waals surface area (Å²) in [6, 6.07) is 11.5. The van der Waals surface area contributed by atoms with Crippen LogP contribution in [0.4, 0.5) is 5.69 Å². The number of fused-ring (bicyclic) bond motifs is 3. The molecular weight excluding hydrogens is 369 g/mol. The SMILES string of the molecule is CCOC(=O)c1ccc2c(c1)[C@H]1C=CC[C@@H]1[C@H](c1ccc(Cl)cc1Cl)N2. The van der Waals surface area contributed by atoms with Crippen LogP contribution in [0, 0.1) is 5.92 Å². The van der Waals surface area contributed by atoms with E-state index in [4.69, 9.17) is 27.9 Å². The highest BCUT2D eigenvalue weighted by Gasteiger charge is 2.38. The Morgan fingerprint density at radius 2 is 2.04 bits per heavy atom. The second kappa shape index (κ2) is 6.98. The van der Waals surface area contributed by atoms with Gasteiger partial charge in [-0.25, -0.2) is 4.79 Å². The van der Waals surface area contributed by atoms with E-state index in [1.54, 1.807) is 6.07 Å². The Bertz CT molecular complexity index is 894. The molecule has 2 aromatic carbocycles. The van der Waals surface area contributed by atoms with E-state index in [2.05, 4.69) is 17.5 Å². The Morgan fingerprint density at radius 3 is 2.81 bits per heavy atom. The van der Waals surface area contributed by atoms with E-state index in [0.717, 1.165) is 23.2 Å². The van der Waals surface area contributed by atoms with Crippen molar-refractivity contribution in [1.82, 2.24) is 0 Å². The number of carbonyl (C=O) groups is 1. The van der Waals surface area contributed by atoms with Gasteiger partial charge in [-0.1, -0.05) is 41.4 Å². The van der Waals surface area contributed by atoms with Gasteiger partial charge in [0.1, 0.15) is 0 Å². The van der Waals surface area contributed by atoms with Gasteiger partial charge >= 0.3 is 5.97 Å². The van der Waals surface area contributed by atoms with Crippen molar-refractivity contribution in [2.45, 2.75) is 25.3 Å². The van der Waals surface area contributed by atoms with Crippen molar-refractivity contribution in [3.05, 3.63) is 75.3 Å². The minimum absolute atomic E-state index is 0.0979. The quantitative estimate of drug-likeness (QED) is 0.518. The van der Waals surface area contributed by atoms with Crippen LogP contribution in [0.15, 0.2) is 48.6 Å². The smallest absolute Gasteiger partial charge is 0.338 e. The van der Waals surface area contributed by atoms with Crippen LogP contribution in [0.25, 0.3) is 0 Å². The van der Waals surface area contributed by atoms with Crippen LogP contribution in [0.1, 0.15) is 46.8 Å². The lowest BCUT2D eigenvalue weighted by Gasteiger charge is -2.38. The third kappa shape index (κ3) is 3.00. The third-order valence-corrected chi connectivity index (χ3v) is 5.73. The van der Waals surface area contributed by atoms with Crippen molar-refractivity contribution in [2.75, 3.05) is 11.9 Å². The van der Waals surface area contributed by atoms with Gasteiger partial charge < -0.3 is 10.1 Å². The zero-order valence-electron chi connectivity index (χ0n) is 14.3. The Morgan fingerprint density at radius 1 is 1.19 bits per heavy atom. The average Bonchev–Trinajstić information content (AvgIpc) is 3.11. The van der Waals surface area contributed by atoms with Crippen molar-refractivity contribution >= 4 is 34.9 Å². The summed E-state index contributed by atoms with van der Waals surface area (Å²) in [5.74, 6) is 0.313. The van der Waals surface area contributed by atoms with Crippen LogP contribution in [0.5, 0.6) is 0 Å². The second-order valence-corrected chi connectivity index (χ2v) is 7.51. The highest BCUT2D eigenvalue weighted by Crippen LogP contribution is 2.51. The van der Waals surface area contributed by atoms with Crippen LogP contribution in [-0.2, 0) is 4.74 Å². The van der Waals surface area contributed by atoms with Gasteiger partial charge in [0.25, 0.3) is 0 Å². The molecular formula is C21H19Cl2NO2. The van der Waals surface area contributed by atoms with Gasteiger partial charge in [-0.2, -0.15) is 0 Å². The summed E-state index contributed by atoms with van der Waals surface area (Å²) >= 11 is 12.5. The molecule has 134 valence electrons. The second-order valence-electron chi connectivity index (χ2n) is 6.66. The van der Waals surface area contributed by atoms with Crippen LogP contribution in [0.2, 0.25) is 10.0 Å². The number of carbonyl (C=O) groups excluding carboxylic acids is 1. The molecule has 0 aromatic heterocycles. The first-order chi connectivity index (χ1) is 12.6. The van der Waals surface area contributed by atoms with Gasteiger partial charge in [0.15, 0.2) is 0 Å². The molecule has 3 nitrogen and oxygen atoms in total. The van der Waals surface area contributed by atoms with Gasteiger partial charge in [0, 0.05) is 21.7 Å². The summed E-state index contributed by atoms with van der Waals surface area (Å²) in [4.78, 5) is 12.1. The van der Waals surface area contributed by atoms with Gasteiger partial charge in [0.05, 0.1) is 18.2 Å². The van der Waals surface area contributed by atoms with Crippen molar-refractivity contribution in [3.8, 4) is 0 Å². The molecule has 4 rings (SSSR count). The highest BCUT2D eigenvalue weighted by atomic mass is 35.5. The van der Waals surface area contributed by atoms with Crippen LogP contribution in [-0.4, -0.2) is 12.6 Å². The molecule has 3 atom stereocenters. The molecule has 1 N–H and O–H groups in total. The number of hydrogen-bond donors (Lipinski definition) is 1. The third-order valence-electron chi connectivity index (χ3n) is 5.17. The number of esters is 1. The van der Waals surface area contributed by atoms with Crippen molar-refractivity contribution in [3.63, 3.8) is 0 Å². The minimum atomic E-state index is -0.281. The summed E-state index contributed by atoms with van der Waals surface area (Å²) in [5.41, 5.74) is 3.81. The van der Waals surface area contributed by atoms with Crippen LogP contribution >= 0.6 is 23.2 Å². The zero-order valence-corrected chi connectivity index (χ0v) is 15.8. The van der Waals surface area contributed by atoms with Gasteiger partial charge in [-0.3, -0.25) is 0 Å². The molecule has 1 aliphatic heterocycles. The maximum absolute atomic E-state index is 12.1. The molecule has 26 heavy (non-hydrogen) atoms. The van der Waals surface area contributed by atoms with E-state index in [1.807, 2.05) is 37.3 Å². The van der Waals surface area contributed by atoms with E-state index in [9.17, 15) is 4.79 Å². The fourth-order valence-corrected chi connectivity index (χ4v) is 4.52. The predicted octanol–water partition coefficient (Wildman–Crippen LogP) is 6.00. The first-order valence-electron chi connectivity index (χ1n) is 8.77.